The van der Waals surface area contributed by atoms with Gasteiger partial charge in [-0.25, -0.2) is 0 Å². The van der Waals surface area contributed by atoms with Gasteiger partial charge in [0, 0.05) is 0 Å². The summed E-state index contributed by atoms with van der Waals surface area (Å²) in [7, 11) is 0. The van der Waals surface area contributed by atoms with Gasteiger partial charge in [-0.05, 0) is 25.1 Å². The normalized spacial score (nSPS) is 10.4. The summed E-state index contributed by atoms with van der Waals surface area (Å²) in [5.41, 5.74) is 0. The van der Waals surface area contributed by atoms with E-state index in [4.69, 9.17) is 9.68 Å². The molecule has 0 unspecified atom stereocenters. The van der Waals surface area contributed by atoms with E-state index in [0.717, 1.165) is 18.8 Å². The van der Waals surface area contributed by atoms with Crippen LogP contribution in [0.4, 0.5) is 0 Å². The van der Waals surface area contributed by atoms with Crippen LogP contribution in [0, 0.1) is 11.3 Å². The lowest BCUT2D eigenvalue weighted by Crippen LogP contribution is -2.14. The van der Waals surface area contributed by atoms with Crippen molar-refractivity contribution < 1.29 is 4.42 Å². The molecule has 1 N–H and O–H groups in total. The minimum Gasteiger partial charge on any atom is -0.449 e. The van der Waals surface area contributed by atoms with Crippen molar-refractivity contribution in [1.29, 1.82) is 5.26 Å². The van der Waals surface area contributed by atoms with Crippen molar-refractivity contribution >= 4 is 0 Å². The maximum atomic E-state index is 8.60. The third-order valence-electron chi connectivity index (χ3n) is 2.78. The lowest BCUT2D eigenvalue weighted by Gasteiger charge is -2.02. The number of furan rings is 1. The molecule has 1 aromatic rings. The van der Waals surface area contributed by atoms with E-state index in [1.54, 1.807) is 6.07 Å². The molecule has 3 nitrogen and oxygen atoms in total. The molecule has 0 radical (unpaired) electrons. The number of rotatable bonds is 9. The summed E-state index contributed by atoms with van der Waals surface area (Å²) >= 11 is 0. The van der Waals surface area contributed by atoms with Gasteiger partial charge in [-0.3, -0.25) is 0 Å². The molecule has 94 valence electrons. The maximum absolute atomic E-state index is 8.60. The Bertz CT molecular complexity index is 338. The lowest BCUT2D eigenvalue weighted by atomic mass is 10.1. The molecule has 0 aromatic carbocycles. The molecular weight excluding hydrogens is 212 g/mol. The average molecular weight is 234 g/mol. The number of hydrogen-bond donors (Lipinski definition) is 1. The van der Waals surface area contributed by atoms with Crippen LogP contribution in [0.15, 0.2) is 16.5 Å². The zero-order valence-corrected chi connectivity index (χ0v) is 10.7. The highest BCUT2D eigenvalue weighted by atomic mass is 16.3. The number of hydrogen-bond acceptors (Lipinski definition) is 3. The molecule has 0 fully saturated rings. The fraction of sp³-hybridized carbons (Fsp3) is 0.643. The monoisotopic (exact) mass is 234 g/mol. The van der Waals surface area contributed by atoms with Gasteiger partial charge in [0.25, 0.3) is 0 Å². The Morgan fingerprint density at radius 3 is 2.65 bits per heavy atom. The predicted octanol–water partition coefficient (Wildman–Crippen LogP) is 3.60. The van der Waals surface area contributed by atoms with Crippen molar-refractivity contribution in [3.8, 4) is 6.07 Å². The van der Waals surface area contributed by atoms with Gasteiger partial charge in [-0.15, -0.1) is 0 Å². The fourth-order valence-electron chi connectivity index (χ4n) is 1.77. The Morgan fingerprint density at radius 1 is 1.18 bits per heavy atom. The fourth-order valence-corrected chi connectivity index (χ4v) is 1.77. The molecular formula is C14H22N2O. The Morgan fingerprint density at radius 2 is 1.94 bits per heavy atom. The molecule has 3 heteroatoms. The minimum atomic E-state index is 0.390. The van der Waals surface area contributed by atoms with Gasteiger partial charge in [0.2, 0.25) is 5.76 Å². The van der Waals surface area contributed by atoms with E-state index in [1.165, 1.54) is 38.5 Å². The van der Waals surface area contributed by atoms with Crippen LogP contribution in [0.5, 0.6) is 0 Å². The van der Waals surface area contributed by atoms with E-state index in [9.17, 15) is 0 Å². The topological polar surface area (TPSA) is 49.0 Å². The molecule has 0 saturated carbocycles. The van der Waals surface area contributed by atoms with Crippen molar-refractivity contribution in [2.24, 2.45) is 0 Å². The molecule has 0 aliphatic rings. The van der Waals surface area contributed by atoms with Crippen LogP contribution in [-0.4, -0.2) is 6.54 Å². The second kappa shape index (κ2) is 8.83. The summed E-state index contributed by atoms with van der Waals surface area (Å²) in [6.45, 7) is 3.98. The Labute approximate surface area is 104 Å². The Kier molecular flexibility index (Phi) is 7.17. The summed E-state index contributed by atoms with van der Waals surface area (Å²) in [5.74, 6) is 1.23. The van der Waals surface area contributed by atoms with E-state index in [2.05, 4.69) is 12.2 Å². The van der Waals surface area contributed by atoms with Crippen LogP contribution in [0.3, 0.4) is 0 Å². The standard InChI is InChI=1S/C14H22N2O/c1-2-3-4-5-6-7-10-16-12-14-9-8-13(11-15)17-14/h8-9,16H,2-7,10,12H2,1H3. The van der Waals surface area contributed by atoms with Gasteiger partial charge < -0.3 is 9.73 Å². The van der Waals surface area contributed by atoms with Crippen molar-refractivity contribution in [1.82, 2.24) is 5.32 Å². The molecule has 0 bridgehead atoms. The molecule has 0 aliphatic carbocycles. The molecule has 1 heterocycles. The van der Waals surface area contributed by atoms with Gasteiger partial charge >= 0.3 is 0 Å². The van der Waals surface area contributed by atoms with Crippen LogP contribution in [0.1, 0.15) is 57.0 Å². The molecule has 1 aromatic heterocycles. The summed E-state index contributed by atoms with van der Waals surface area (Å²) in [4.78, 5) is 0. The highest BCUT2D eigenvalue weighted by Gasteiger charge is 1.99. The Hall–Kier alpha value is -1.27. The van der Waals surface area contributed by atoms with Crippen molar-refractivity contribution in [3.63, 3.8) is 0 Å². The number of nitrogens with zero attached hydrogens (tertiary/aromatic N) is 1. The molecule has 1 rings (SSSR count). The van der Waals surface area contributed by atoms with E-state index in [1.807, 2.05) is 12.1 Å². The van der Waals surface area contributed by atoms with Crippen LogP contribution in [-0.2, 0) is 6.54 Å². The first-order valence-electron chi connectivity index (χ1n) is 6.56. The SMILES string of the molecule is CCCCCCCCNCc1ccc(C#N)o1. The molecule has 0 atom stereocenters. The summed E-state index contributed by atoms with van der Waals surface area (Å²) in [5, 5.41) is 11.9. The third kappa shape index (κ3) is 6.13. The van der Waals surface area contributed by atoms with E-state index in [0.29, 0.717) is 5.76 Å². The lowest BCUT2D eigenvalue weighted by molar-refractivity contribution is 0.468. The van der Waals surface area contributed by atoms with Crippen LogP contribution in [0.25, 0.3) is 0 Å². The predicted molar refractivity (Wildman–Crippen MR) is 68.5 cm³/mol. The smallest absolute Gasteiger partial charge is 0.203 e. The van der Waals surface area contributed by atoms with Gasteiger partial charge in [0.05, 0.1) is 6.54 Å². The maximum Gasteiger partial charge on any atom is 0.203 e. The van der Waals surface area contributed by atoms with Crippen LogP contribution < -0.4 is 5.32 Å². The molecule has 0 spiro atoms. The summed E-state index contributed by atoms with van der Waals surface area (Å²) in [6, 6.07) is 5.55. The largest absolute Gasteiger partial charge is 0.449 e. The number of nitriles is 1. The number of unbranched alkanes of at least 4 members (excludes halogenated alkanes) is 5. The van der Waals surface area contributed by atoms with Gasteiger partial charge in [-0.2, -0.15) is 5.26 Å². The molecule has 0 saturated heterocycles. The second-order valence-electron chi connectivity index (χ2n) is 4.32. The average Bonchev–Trinajstić information content (AvgIpc) is 2.80. The molecule has 0 amide bonds. The third-order valence-corrected chi connectivity index (χ3v) is 2.78. The van der Waals surface area contributed by atoms with Crippen LogP contribution in [0.2, 0.25) is 0 Å². The van der Waals surface area contributed by atoms with Crippen molar-refractivity contribution in [2.45, 2.75) is 52.0 Å². The minimum absolute atomic E-state index is 0.390. The first kappa shape index (κ1) is 13.8. The van der Waals surface area contributed by atoms with E-state index < -0.39 is 0 Å². The quantitative estimate of drug-likeness (QED) is 0.664. The highest BCUT2D eigenvalue weighted by Crippen LogP contribution is 2.06. The summed E-state index contributed by atoms with van der Waals surface area (Å²) in [6.07, 6.45) is 7.88. The first-order valence-corrected chi connectivity index (χ1v) is 6.56. The number of nitrogens with one attached hydrogen (secondary N) is 1. The van der Waals surface area contributed by atoms with Gasteiger partial charge in [0.1, 0.15) is 11.8 Å². The first-order chi connectivity index (χ1) is 8.36. The summed E-state index contributed by atoms with van der Waals surface area (Å²) < 4.78 is 5.27. The van der Waals surface area contributed by atoms with Gasteiger partial charge in [-0.1, -0.05) is 39.0 Å². The van der Waals surface area contributed by atoms with Crippen LogP contribution >= 0.6 is 0 Å². The van der Waals surface area contributed by atoms with Crippen molar-refractivity contribution in [3.05, 3.63) is 23.7 Å². The zero-order chi connectivity index (χ0) is 12.3. The Balaban J connectivity index is 1.95. The molecule has 17 heavy (non-hydrogen) atoms. The van der Waals surface area contributed by atoms with E-state index in [-0.39, 0.29) is 0 Å². The van der Waals surface area contributed by atoms with Gasteiger partial charge in [0.15, 0.2) is 0 Å². The van der Waals surface area contributed by atoms with E-state index >= 15 is 0 Å². The highest BCUT2D eigenvalue weighted by molar-refractivity contribution is 5.18. The van der Waals surface area contributed by atoms with Crippen molar-refractivity contribution in [2.75, 3.05) is 6.54 Å². The second-order valence-corrected chi connectivity index (χ2v) is 4.32. The molecule has 0 aliphatic heterocycles. The zero-order valence-electron chi connectivity index (χ0n) is 10.7.